The lowest BCUT2D eigenvalue weighted by Gasteiger charge is -2.46. The van der Waals surface area contributed by atoms with Crippen molar-refractivity contribution in [2.75, 3.05) is 31.1 Å². The summed E-state index contributed by atoms with van der Waals surface area (Å²) < 4.78 is 12.1. The fourth-order valence-electron chi connectivity index (χ4n) is 6.95. The van der Waals surface area contributed by atoms with Gasteiger partial charge in [-0.2, -0.15) is 0 Å². The summed E-state index contributed by atoms with van der Waals surface area (Å²) in [7, 11) is 0. The quantitative estimate of drug-likeness (QED) is 0.446. The molecule has 7 heterocycles. The molecular formula is C31H32N6O5. The number of rotatable bonds is 6. The maximum Gasteiger partial charge on any atom is 0.255 e. The lowest BCUT2D eigenvalue weighted by Crippen LogP contribution is -2.57. The van der Waals surface area contributed by atoms with Crippen LogP contribution in [0.15, 0.2) is 42.6 Å². The van der Waals surface area contributed by atoms with E-state index in [2.05, 4.69) is 38.3 Å². The standard InChI is InChI=1S/C31H32N6O5/c38-28-6-5-27(29(39)34-28)37-14-20-10-21(2-3-25(20)30(37)40)41-22-7-8-35(15-22)13-18-1-4-26-19(9-18)12-32-31(33-26)36-16-23-11-24(17-36)42-23/h1-4,9-10,12,22-24,27H,5-8,11,13-17H2,(H,34,38,39)/t22-,23-,24+,27?/m0/s1. The van der Waals surface area contributed by atoms with E-state index in [1.807, 2.05) is 18.3 Å². The second kappa shape index (κ2) is 10.0. The lowest BCUT2D eigenvalue weighted by atomic mass is 9.99. The van der Waals surface area contributed by atoms with Crippen molar-refractivity contribution < 1.29 is 23.9 Å². The zero-order valence-electron chi connectivity index (χ0n) is 23.2. The van der Waals surface area contributed by atoms with E-state index in [1.165, 1.54) is 5.56 Å². The van der Waals surface area contributed by atoms with E-state index in [9.17, 15) is 14.4 Å². The van der Waals surface area contributed by atoms with E-state index in [-0.39, 0.29) is 24.3 Å². The molecule has 11 nitrogen and oxygen atoms in total. The van der Waals surface area contributed by atoms with Crippen molar-refractivity contribution in [3.63, 3.8) is 0 Å². The van der Waals surface area contributed by atoms with Crippen LogP contribution in [0.3, 0.4) is 0 Å². The van der Waals surface area contributed by atoms with Crippen molar-refractivity contribution in [1.29, 1.82) is 0 Å². The molecule has 42 heavy (non-hydrogen) atoms. The zero-order chi connectivity index (χ0) is 28.4. The van der Waals surface area contributed by atoms with Gasteiger partial charge in [-0.1, -0.05) is 6.07 Å². The summed E-state index contributed by atoms with van der Waals surface area (Å²) in [5, 5.41) is 3.39. The number of hydrogen-bond donors (Lipinski definition) is 1. The average molecular weight is 569 g/mol. The molecule has 9 rings (SSSR count). The number of carbonyl (C=O) groups excluding carboxylic acids is 3. The molecule has 0 radical (unpaired) electrons. The maximum atomic E-state index is 13.0. The molecular weight excluding hydrogens is 536 g/mol. The first kappa shape index (κ1) is 25.6. The highest BCUT2D eigenvalue weighted by Crippen LogP contribution is 2.32. The van der Waals surface area contributed by atoms with Crippen LogP contribution in [0.4, 0.5) is 5.95 Å². The van der Waals surface area contributed by atoms with Gasteiger partial charge in [0.05, 0.1) is 17.7 Å². The monoisotopic (exact) mass is 568 g/mol. The van der Waals surface area contributed by atoms with Gasteiger partial charge in [0.1, 0.15) is 17.9 Å². The first-order chi connectivity index (χ1) is 20.4. The molecule has 3 amide bonds. The first-order valence-corrected chi connectivity index (χ1v) is 14.8. The Morgan fingerprint density at radius 1 is 1.02 bits per heavy atom. The van der Waals surface area contributed by atoms with Crippen molar-refractivity contribution in [2.24, 2.45) is 0 Å². The van der Waals surface area contributed by atoms with Crippen LogP contribution in [0.25, 0.3) is 10.9 Å². The Bertz CT molecular complexity index is 1600. The van der Waals surface area contributed by atoms with Gasteiger partial charge in [-0.3, -0.25) is 24.6 Å². The lowest BCUT2D eigenvalue weighted by molar-refractivity contribution is -0.137. The van der Waals surface area contributed by atoms with Gasteiger partial charge in [0.2, 0.25) is 17.8 Å². The molecule has 2 aromatic carbocycles. The molecule has 6 aliphatic rings. The number of ether oxygens (including phenoxy) is 2. The Balaban J connectivity index is 0.881. The normalized spacial score (nSPS) is 27.3. The fraction of sp³-hybridized carbons (Fsp3) is 0.452. The third-order valence-electron chi connectivity index (χ3n) is 9.11. The van der Waals surface area contributed by atoms with Crippen molar-refractivity contribution in [2.45, 2.75) is 63.1 Å². The summed E-state index contributed by atoms with van der Waals surface area (Å²) >= 11 is 0. The predicted octanol–water partition coefficient (Wildman–Crippen LogP) is 2.02. The molecule has 216 valence electrons. The largest absolute Gasteiger partial charge is 0.489 e. The SMILES string of the molecule is O=C1CCC(N2Cc3cc(O[C@H]4CCN(Cc5ccc6nc(N7C[C@H]8C[C@@H](C7)O8)ncc6c5)C4)ccc3C2=O)C(=O)N1. The summed E-state index contributed by atoms with van der Waals surface area (Å²) in [6.45, 7) is 4.64. The van der Waals surface area contributed by atoms with E-state index >= 15 is 0 Å². The Hall–Kier alpha value is -4.09. The van der Waals surface area contributed by atoms with Crippen molar-refractivity contribution in [3.05, 3.63) is 59.3 Å². The highest BCUT2D eigenvalue weighted by molar-refractivity contribution is 6.05. The van der Waals surface area contributed by atoms with Gasteiger partial charge in [0.25, 0.3) is 5.91 Å². The van der Waals surface area contributed by atoms with E-state index in [1.54, 1.807) is 11.0 Å². The summed E-state index contributed by atoms with van der Waals surface area (Å²) in [5.74, 6) is 0.656. The zero-order valence-corrected chi connectivity index (χ0v) is 23.2. The van der Waals surface area contributed by atoms with Crippen LogP contribution in [-0.2, 0) is 27.4 Å². The van der Waals surface area contributed by atoms with Crippen LogP contribution >= 0.6 is 0 Å². The molecule has 11 heteroatoms. The molecule has 3 aromatic rings. The second-order valence-corrected chi connectivity index (χ2v) is 12.1. The van der Waals surface area contributed by atoms with Gasteiger partial charge >= 0.3 is 0 Å². The average Bonchev–Trinajstić information content (AvgIpc) is 3.55. The van der Waals surface area contributed by atoms with Crippen LogP contribution in [0.5, 0.6) is 5.75 Å². The van der Waals surface area contributed by atoms with Crippen LogP contribution in [0, 0.1) is 0 Å². The maximum absolute atomic E-state index is 13.0. The summed E-state index contributed by atoms with van der Waals surface area (Å²) in [5.41, 5.74) is 3.62. The topological polar surface area (TPSA) is 117 Å². The highest BCUT2D eigenvalue weighted by atomic mass is 16.5. The number of aromatic nitrogens is 2. The molecule has 0 spiro atoms. The molecule has 5 saturated heterocycles. The minimum absolute atomic E-state index is 0.0532. The van der Waals surface area contributed by atoms with Gasteiger partial charge in [0, 0.05) is 69.3 Å². The third-order valence-corrected chi connectivity index (χ3v) is 9.11. The molecule has 6 aliphatic heterocycles. The molecule has 2 bridgehead atoms. The van der Waals surface area contributed by atoms with Crippen LogP contribution in [0.2, 0.25) is 0 Å². The van der Waals surface area contributed by atoms with Crippen molar-refractivity contribution in [3.8, 4) is 5.75 Å². The molecule has 0 saturated carbocycles. The fourth-order valence-corrected chi connectivity index (χ4v) is 6.95. The van der Waals surface area contributed by atoms with E-state index in [0.29, 0.717) is 30.7 Å². The number of benzene rings is 2. The Kier molecular flexibility index (Phi) is 6.11. The van der Waals surface area contributed by atoms with Gasteiger partial charge < -0.3 is 19.3 Å². The molecule has 1 unspecified atom stereocenters. The van der Waals surface area contributed by atoms with Crippen LogP contribution in [0.1, 0.15) is 47.2 Å². The number of amides is 3. The number of carbonyl (C=O) groups is 3. The number of nitrogens with zero attached hydrogens (tertiary/aromatic N) is 5. The third kappa shape index (κ3) is 4.66. The Morgan fingerprint density at radius 2 is 1.88 bits per heavy atom. The number of morpholine rings is 1. The summed E-state index contributed by atoms with van der Waals surface area (Å²) in [4.78, 5) is 52.5. The minimum atomic E-state index is -0.616. The Labute approximate surface area is 242 Å². The first-order valence-electron chi connectivity index (χ1n) is 14.8. The van der Waals surface area contributed by atoms with Crippen molar-refractivity contribution >= 4 is 34.6 Å². The molecule has 4 atom stereocenters. The van der Waals surface area contributed by atoms with Gasteiger partial charge in [0.15, 0.2) is 0 Å². The minimum Gasteiger partial charge on any atom is -0.489 e. The van der Waals surface area contributed by atoms with Gasteiger partial charge in [-0.05, 0) is 54.3 Å². The molecule has 0 aliphatic carbocycles. The number of imide groups is 1. The number of fused-ring (bicyclic) bond motifs is 4. The van der Waals surface area contributed by atoms with Crippen molar-refractivity contribution in [1.82, 2.24) is 25.1 Å². The van der Waals surface area contributed by atoms with Crippen LogP contribution < -0.4 is 15.0 Å². The van der Waals surface area contributed by atoms with E-state index < -0.39 is 11.9 Å². The second-order valence-electron chi connectivity index (χ2n) is 12.1. The van der Waals surface area contributed by atoms with Crippen LogP contribution in [-0.4, -0.2) is 88.0 Å². The summed E-state index contributed by atoms with van der Waals surface area (Å²) in [6, 6.07) is 11.3. The number of nitrogens with one attached hydrogen (secondary N) is 1. The molecule has 1 aromatic heterocycles. The number of piperidine rings is 2. The number of anilines is 1. The molecule has 5 fully saturated rings. The highest BCUT2D eigenvalue weighted by Gasteiger charge is 2.40. The summed E-state index contributed by atoms with van der Waals surface area (Å²) in [6.07, 6.45) is 5.28. The Morgan fingerprint density at radius 3 is 2.71 bits per heavy atom. The molecule has 1 N–H and O–H groups in total. The van der Waals surface area contributed by atoms with Gasteiger partial charge in [-0.25, -0.2) is 9.97 Å². The number of hydrogen-bond acceptors (Lipinski definition) is 9. The predicted molar refractivity (Wildman–Crippen MR) is 152 cm³/mol. The number of likely N-dealkylation sites (tertiary alicyclic amines) is 1. The smallest absolute Gasteiger partial charge is 0.255 e. The van der Waals surface area contributed by atoms with E-state index in [0.717, 1.165) is 73.7 Å². The van der Waals surface area contributed by atoms with Gasteiger partial charge in [-0.15, -0.1) is 0 Å². The van der Waals surface area contributed by atoms with E-state index in [4.69, 9.17) is 14.5 Å².